The molecule has 0 bridgehead atoms. The van der Waals surface area contributed by atoms with Crippen LogP contribution in [0.25, 0.3) is 0 Å². The maximum Gasteiger partial charge on any atom is 0.260 e. The number of ether oxygens (including phenoxy) is 1. The Labute approximate surface area is 111 Å². The molecule has 6 heteroatoms. The maximum absolute atomic E-state index is 12.1. The van der Waals surface area contributed by atoms with Crippen LogP contribution < -0.4 is 10.1 Å². The van der Waals surface area contributed by atoms with Crippen molar-refractivity contribution in [2.24, 2.45) is 0 Å². The highest BCUT2D eigenvalue weighted by atomic mass is 16.5. The van der Waals surface area contributed by atoms with Crippen LogP contribution in [0.5, 0.6) is 5.75 Å². The molecular formula is C13H16N4O2. The number of carbonyl (C=O) groups is 1. The molecule has 19 heavy (non-hydrogen) atoms. The van der Waals surface area contributed by atoms with Crippen molar-refractivity contribution < 1.29 is 9.53 Å². The minimum absolute atomic E-state index is 0.277. The number of carbonyl (C=O) groups excluding carboxylic acids is 1. The Morgan fingerprint density at radius 3 is 2.89 bits per heavy atom. The van der Waals surface area contributed by atoms with Gasteiger partial charge >= 0.3 is 0 Å². The third kappa shape index (κ3) is 2.90. The smallest absolute Gasteiger partial charge is 0.260 e. The number of hydrogen-bond acceptors (Lipinski definition) is 4. The van der Waals surface area contributed by atoms with Crippen LogP contribution >= 0.6 is 0 Å². The molecule has 0 radical (unpaired) electrons. The second-order valence-corrected chi connectivity index (χ2v) is 4.39. The summed E-state index contributed by atoms with van der Waals surface area (Å²) in [7, 11) is 1.50. The third-order valence-corrected chi connectivity index (χ3v) is 2.71. The molecule has 0 spiro atoms. The molecule has 0 aliphatic heterocycles. The van der Waals surface area contributed by atoms with Gasteiger partial charge in [-0.05, 0) is 12.0 Å². The highest BCUT2D eigenvalue weighted by molar-refractivity contribution is 6.05. The van der Waals surface area contributed by atoms with Crippen molar-refractivity contribution in [1.29, 1.82) is 0 Å². The quantitative estimate of drug-likeness (QED) is 0.883. The lowest BCUT2D eigenvalue weighted by Crippen LogP contribution is -2.13. The van der Waals surface area contributed by atoms with Crippen LogP contribution in [0, 0.1) is 0 Å². The van der Waals surface area contributed by atoms with E-state index in [-0.39, 0.29) is 5.91 Å². The molecule has 0 unspecified atom stereocenters. The standard InChI is InChI=1S/C13H16N4O2/c1-8(2)10-6-12(17-16-10)15-13(18)9-4-5-14-7-11(9)19-3/h4-8H,1-3H3,(H2,15,16,17,18). The van der Waals surface area contributed by atoms with E-state index in [1.165, 1.54) is 13.3 Å². The van der Waals surface area contributed by atoms with Crippen LogP contribution in [0.3, 0.4) is 0 Å². The molecule has 0 aliphatic carbocycles. The molecule has 0 aliphatic rings. The molecule has 0 saturated carbocycles. The lowest BCUT2D eigenvalue weighted by atomic mass is 10.1. The van der Waals surface area contributed by atoms with Crippen LogP contribution in [-0.2, 0) is 0 Å². The van der Waals surface area contributed by atoms with E-state index in [2.05, 4.69) is 20.5 Å². The van der Waals surface area contributed by atoms with Gasteiger partial charge in [0.15, 0.2) is 5.82 Å². The lowest BCUT2D eigenvalue weighted by molar-refractivity contribution is 0.102. The Morgan fingerprint density at radius 1 is 1.47 bits per heavy atom. The van der Waals surface area contributed by atoms with Crippen molar-refractivity contribution in [3.63, 3.8) is 0 Å². The van der Waals surface area contributed by atoms with Crippen molar-refractivity contribution in [2.45, 2.75) is 19.8 Å². The fraction of sp³-hybridized carbons (Fsp3) is 0.308. The zero-order valence-electron chi connectivity index (χ0n) is 11.1. The largest absolute Gasteiger partial charge is 0.494 e. The summed E-state index contributed by atoms with van der Waals surface area (Å²) in [5, 5.41) is 9.65. The summed E-state index contributed by atoms with van der Waals surface area (Å²) < 4.78 is 5.10. The van der Waals surface area contributed by atoms with Gasteiger partial charge in [0.05, 0.1) is 18.9 Å². The van der Waals surface area contributed by atoms with Gasteiger partial charge in [0, 0.05) is 18.0 Å². The molecule has 0 fully saturated rings. The van der Waals surface area contributed by atoms with Crippen LogP contribution in [0.2, 0.25) is 0 Å². The number of pyridine rings is 1. The highest BCUT2D eigenvalue weighted by Gasteiger charge is 2.14. The molecule has 0 aromatic carbocycles. The predicted octanol–water partition coefficient (Wildman–Crippen LogP) is 2.19. The van der Waals surface area contributed by atoms with Crippen molar-refractivity contribution in [2.75, 3.05) is 12.4 Å². The van der Waals surface area contributed by atoms with Gasteiger partial charge in [-0.1, -0.05) is 13.8 Å². The van der Waals surface area contributed by atoms with Gasteiger partial charge in [0.2, 0.25) is 0 Å². The van der Waals surface area contributed by atoms with E-state index in [9.17, 15) is 4.79 Å². The number of aromatic amines is 1. The van der Waals surface area contributed by atoms with Gasteiger partial charge in [-0.25, -0.2) is 0 Å². The highest BCUT2D eigenvalue weighted by Crippen LogP contribution is 2.19. The van der Waals surface area contributed by atoms with Crippen LogP contribution in [-0.4, -0.2) is 28.2 Å². The van der Waals surface area contributed by atoms with Crippen LogP contribution in [0.1, 0.15) is 35.8 Å². The monoisotopic (exact) mass is 260 g/mol. The van der Waals surface area contributed by atoms with E-state index in [1.807, 2.05) is 19.9 Å². The van der Waals surface area contributed by atoms with Gasteiger partial charge in [-0.3, -0.25) is 14.9 Å². The lowest BCUT2D eigenvalue weighted by Gasteiger charge is -2.06. The van der Waals surface area contributed by atoms with Crippen LogP contribution in [0.15, 0.2) is 24.5 Å². The Kier molecular flexibility index (Phi) is 3.79. The zero-order chi connectivity index (χ0) is 13.8. The number of aromatic nitrogens is 3. The summed E-state index contributed by atoms with van der Waals surface area (Å²) in [4.78, 5) is 16.0. The Bertz CT molecular complexity index is 578. The summed E-state index contributed by atoms with van der Waals surface area (Å²) in [5.74, 6) is 0.974. The molecule has 2 aromatic heterocycles. The fourth-order valence-electron chi connectivity index (χ4n) is 1.61. The van der Waals surface area contributed by atoms with Crippen LogP contribution in [0.4, 0.5) is 5.82 Å². The minimum Gasteiger partial charge on any atom is -0.494 e. The van der Waals surface area contributed by atoms with E-state index < -0.39 is 0 Å². The second-order valence-electron chi connectivity index (χ2n) is 4.39. The number of rotatable bonds is 4. The molecule has 0 saturated heterocycles. The number of nitrogens with zero attached hydrogens (tertiary/aromatic N) is 2. The molecule has 2 aromatic rings. The molecular weight excluding hydrogens is 244 g/mol. The molecule has 6 nitrogen and oxygen atoms in total. The Balaban J connectivity index is 2.16. The first kappa shape index (κ1) is 13.1. The first-order valence-corrected chi connectivity index (χ1v) is 5.96. The average Bonchev–Trinajstić information content (AvgIpc) is 2.87. The normalized spacial score (nSPS) is 10.5. The fourth-order valence-corrected chi connectivity index (χ4v) is 1.61. The third-order valence-electron chi connectivity index (χ3n) is 2.71. The number of amides is 1. The van der Waals surface area contributed by atoms with Crippen molar-refractivity contribution in [1.82, 2.24) is 15.2 Å². The van der Waals surface area contributed by atoms with E-state index in [1.54, 1.807) is 12.3 Å². The van der Waals surface area contributed by atoms with E-state index >= 15 is 0 Å². The average molecular weight is 260 g/mol. The zero-order valence-corrected chi connectivity index (χ0v) is 11.1. The second kappa shape index (κ2) is 5.51. The summed E-state index contributed by atoms with van der Waals surface area (Å²) in [5.41, 5.74) is 1.39. The van der Waals surface area contributed by atoms with Crippen molar-refractivity contribution in [3.8, 4) is 5.75 Å². The number of anilines is 1. The van der Waals surface area contributed by atoms with Gasteiger partial charge in [-0.2, -0.15) is 5.10 Å². The molecule has 2 rings (SSSR count). The minimum atomic E-state index is -0.277. The van der Waals surface area contributed by atoms with Gasteiger partial charge < -0.3 is 10.1 Å². The first-order valence-electron chi connectivity index (χ1n) is 5.96. The number of H-pyrrole nitrogens is 1. The van der Waals surface area contributed by atoms with E-state index in [0.717, 1.165) is 5.69 Å². The Morgan fingerprint density at radius 2 is 2.26 bits per heavy atom. The summed E-state index contributed by atoms with van der Waals surface area (Å²) in [6.07, 6.45) is 3.04. The first-order chi connectivity index (χ1) is 9.11. The molecule has 100 valence electrons. The number of methoxy groups -OCH3 is 1. The van der Waals surface area contributed by atoms with Crippen molar-refractivity contribution in [3.05, 3.63) is 35.8 Å². The van der Waals surface area contributed by atoms with Gasteiger partial charge in [-0.15, -0.1) is 0 Å². The van der Waals surface area contributed by atoms with Gasteiger partial charge in [0.25, 0.3) is 5.91 Å². The maximum atomic E-state index is 12.1. The number of hydrogen-bond donors (Lipinski definition) is 2. The van der Waals surface area contributed by atoms with E-state index in [0.29, 0.717) is 23.0 Å². The summed E-state index contributed by atoms with van der Waals surface area (Å²) in [6.45, 7) is 4.09. The summed E-state index contributed by atoms with van der Waals surface area (Å²) in [6, 6.07) is 3.42. The molecule has 2 N–H and O–H groups in total. The van der Waals surface area contributed by atoms with Gasteiger partial charge in [0.1, 0.15) is 5.75 Å². The summed E-state index contributed by atoms with van der Waals surface area (Å²) >= 11 is 0. The molecule has 0 atom stereocenters. The predicted molar refractivity (Wildman–Crippen MR) is 71.4 cm³/mol. The molecule has 1 amide bonds. The SMILES string of the molecule is COc1cnccc1C(=O)Nc1cc(C(C)C)[nH]n1. The molecule has 2 heterocycles. The van der Waals surface area contributed by atoms with Crippen molar-refractivity contribution >= 4 is 11.7 Å². The Hall–Kier alpha value is -2.37. The number of nitrogens with one attached hydrogen (secondary N) is 2. The van der Waals surface area contributed by atoms with E-state index in [4.69, 9.17) is 4.74 Å². The topological polar surface area (TPSA) is 79.9 Å².